The van der Waals surface area contributed by atoms with E-state index in [0.29, 0.717) is 11.6 Å². The van der Waals surface area contributed by atoms with Crippen molar-refractivity contribution in [3.8, 4) is 0 Å². The lowest BCUT2D eigenvalue weighted by Crippen LogP contribution is -2.12. The average molecular weight is 319 g/mol. The van der Waals surface area contributed by atoms with Gasteiger partial charge in [-0.15, -0.1) is 11.3 Å². The molecule has 2 heterocycles. The zero-order valence-corrected chi connectivity index (χ0v) is 12.8. The highest BCUT2D eigenvalue weighted by Crippen LogP contribution is 2.33. The maximum absolute atomic E-state index is 12.0. The van der Waals surface area contributed by atoms with E-state index in [-0.39, 0.29) is 13.2 Å². The number of aromatic nitrogens is 2. The highest BCUT2D eigenvalue weighted by Gasteiger charge is 2.26. The van der Waals surface area contributed by atoms with Gasteiger partial charge in [-0.25, -0.2) is 9.97 Å². The summed E-state index contributed by atoms with van der Waals surface area (Å²) in [6.45, 7) is 3.58. The number of thiophene rings is 1. The molecule has 0 saturated carbocycles. The lowest BCUT2D eigenvalue weighted by molar-refractivity contribution is -0.146. The van der Waals surface area contributed by atoms with Gasteiger partial charge in [0.25, 0.3) is 0 Å². The molecule has 8 heteroatoms. The van der Waals surface area contributed by atoms with Gasteiger partial charge < -0.3 is 10.1 Å². The molecule has 116 valence electrons. The van der Waals surface area contributed by atoms with E-state index < -0.39 is 12.6 Å². The molecule has 2 aromatic heterocycles. The summed E-state index contributed by atoms with van der Waals surface area (Å²) in [5.41, 5.74) is 1.11. The molecule has 0 radical (unpaired) electrons. The number of halogens is 3. The second-order valence-electron chi connectivity index (χ2n) is 4.62. The zero-order valence-electron chi connectivity index (χ0n) is 12.0. The Balaban J connectivity index is 2.14. The number of rotatable bonds is 5. The molecule has 0 fully saturated rings. The molecule has 0 aromatic carbocycles. The van der Waals surface area contributed by atoms with E-state index in [1.165, 1.54) is 11.3 Å². The van der Waals surface area contributed by atoms with Crippen molar-refractivity contribution >= 4 is 27.4 Å². The van der Waals surface area contributed by atoms with E-state index in [2.05, 4.69) is 15.3 Å². The Morgan fingerprint density at radius 2 is 1.95 bits per heavy atom. The van der Waals surface area contributed by atoms with E-state index in [1.54, 1.807) is 7.05 Å². The van der Waals surface area contributed by atoms with E-state index in [4.69, 9.17) is 4.74 Å². The van der Waals surface area contributed by atoms with Gasteiger partial charge in [-0.2, -0.15) is 13.2 Å². The van der Waals surface area contributed by atoms with Crippen LogP contribution < -0.4 is 5.32 Å². The maximum atomic E-state index is 12.0. The maximum Gasteiger partial charge on any atom is 0.391 e. The van der Waals surface area contributed by atoms with Crippen LogP contribution in [0.25, 0.3) is 10.2 Å². The molecule has 0 aliphatic heterocycles. The van der Waals surface area contributed by atoms with E-state index in [0.717, 1.165) is 20.7 Å². The lowest BCUT2D eigenvalue weighted by Gasteiger charge is -2.08. The van der Waals surface area contributed by atoms with Crippen LogP contribution in [-0.4, -0.2) is 29.8 Å². The van der Waals surface area contributed by atoms with Gasteiger partial charge in [0.05, 0.1) is 18.4 Å². The molecule has 0 bridgehead atoms. The smallest absolute Gasteiger partial charge is 0.373 e. The molecule has 0 aliphatic carbocycles. The summed E-state index contributed by atoms with van der Waals surface area (Å²) in [6, 6.07) is 0. The Hall–Kier alpha value is -1.41. The standard InChI is InChI=1S/C13H16F3N3OS/c1-7-8(2)21-12-10(7)11(17-3)18-9(19-12)6-20-5-4-13(14,15)16/h4-6H2,1-3H3,(H,17,18,19). The van der Waals surface area contributed by atoms with Crippen molar-refractivity contribution in [2.75, 3.05) is 19.0 Å². The largest absolute Gasteiger partial charge is 0.391 e. The van der Waals surface area contributed by atoms with Gasteiger partial charge in [0.1, 0.15) is 17.3 Å². The monoisotopic (exact) mass is 319 g/mol. The predicted octanol–water partition coefficient (Wildman–Crippen LogP) is 3.82. The molecule has 0 amide bonds. The van der Waals surface area contributed by atoms with Crippen LogP contribution in [0.5, 0.6) is 0 Å². The number of aryl methyl sites for hydroxylation is 2. The summed E-state index contributed by atoms with van der Waals surface area (Å²) in [7, 11) is 1.75. The topological polar surface area (TPSA) is 47.0 Å². The van der Waals surface area contributed by atoms with Crippen molar-refractivity contribution in [1.29, 1.82) is 0 Å². The summed E-state index contributed by atoms with van der Waals surface area (Å²) in [6.07, 6.45) is -5.17. The molecule has 0 aliphatic rings. The molecule has 1 N–H and O–H groups in total. The van der Waals surface area contributed by atoms with Crippen molar-refractivity contribution in [2.24, 2.45) is 0 Å². The van der Waals surface area contributed by atoms with Gasteiger partial charge in [0.2, 0.25) is 0 Å². The second-order valence-corrected chi connectivity index (χ2v) is 5.82. The van der Waals surface area contributed by atoms with Gasteiger partial charge in [-0.05, 0) is 19.4 Å². The quantitative estimate of drug-likeness (QED) is 0.851. The van der Waals surface area contributed by atoms with Crippen molar-refractivity contribution < 1.29 is 17.9 Å². The number of nitrogens with zero attached hydrogens (tertiary/aromatic N) is 2. The highest BCUT2D eigenvalue weighted by molar-refractivity contribution is 7.18. The summed E-state index contributed by atoms with van der Waals surface area (Å²) in [5, 5.41) is 3.96. The summed E-state index contributed by atoms with van der Waals surface area (Å²) >= 11 is 1.54. The number of alkyl halides is 3. The first-order valence-electron chi connectivity index (χ1n) is 6.40. The third-order valence-electron chi connectivity index (χ3n) is 3.07. The van der Waals surface area contributed by atoms with Gasteiger partial charge in [-0.1, -0.05) is 0 Å². The molecule has 2 aromatic rings. The summed E-state index contributed by atoms with van der Waals surface area (Å²) in [4.78, 5) is 10.6. The molecule has 0 unspecified atom stereocenters. The first kappa shape index (κ1) is 16.0. The Labute approximate surface area is 124 Å². The second kappa shape index (κ2) is 6.15. The van der Waals surface area contributed by atoms with Crippen LogP contribution in [0.2, 0.25) is 0 Å². The molecule has 2 rings (SSSR count). The number of fused-ring (bicyclic) bond motifs is 1. The summed E-state index contributed by atoms with van der Waals surface area (Å²) in [5.74, 6) is 1.06. The fourth-order valence-electron chi connectivity index (χ4n) is 1.89. The van der Waals surface area contributed by atoms with Crippen LogP contribution in [0.4, 0.5) is 19.0 Å². The van der Waals surface area contributed by atoms with Gasteiger partial charge >= 0.3 is 6.18 Å². The van der Waals surface area contributed by atoms with Crippen LogP contribution in [0, 0.1) is 13.8 Å². The number of hydrogen-bond donors (Lipinski definition) is 1. The fourth-order valence-corrected chi connectivity index (χ4v) is 2.94. The molecule has 0 saturated heterocycles. The van der Waals surface area contributed by atoms with Crippen LogP contribution in [0.1, 0.15) is 22.7 Å². The number of ether oxygens (including phenoxy) is 1. The molecule has 0 spiro atoms. The SMILES string of the molecule is CNc1nc(COCCC(F)(F)F)nc2sc(C)c(C)c12. The predicted molar refractivity (Wildman–Crippen MR) is 76.8 cm³/mol. The van der Waals surface area contributed by atoms with Crippen molar-refractivity contribution in [3.05, 3.63) is 16.3 Å². The number of anilines is 1. The minimum atomic E-state index is -4.21. The minimum Gasteiger partial charge on any atom is -0.373 e. The Morgan fingerprint density at radius 3 is 2.57 bits per heavy atom. The minimum absolute atomic E-state index is 0.0311. The third-order valence-corrected chi connectivity index (χ3v) is 4.17. The lowest BCUT2D eigenvalue weighted by atomic mass is 10.2. The highest BCUT2D eigenvalue weighted by atomic mass is 32.1. The Bertz CT molecular complexity index is 640. The number of nitrogens with one attached hydrogen (secondary N) is 1. The summed E-state index contributed by atoms with van der Waals surface area (Å²) < 4.78 is 41.1. The van der Waals surface area contributed by atoms with Crippen LogP contribution >= 0.6 is 11.3 Å². The first-order chi connectivity index (χ1) is 9.81. The zero-order chi connectivity index (χ0) is 15.6. The Morgan fingerprint density at radius 1 is 1.24 bits per heavy atom. The fraction of sp³-hybridized carbons (Fsp3) is 0.538. The number of hydrogen-bond acceptors (Lipinski definition) is 5. The molecular formula is C13H16F3N3OS. The average Bonchev–Trinajstić information content (AvgIpc) is 2.68. The van der Waals surface area contributed by atoms with E-state index in [1.807, 2.05) is 13.8 Å². The molecule has 4 nitrogen and oxygen atoms in total. The third kappa shape index (κ3) is 3.82. The molecule has 0 atom stereocenters. The van der Waals surface area contributed by atoms with Crippen molar-refractivity contribution in [3.63, 3.8) is 0 Å². The molecule has 21 heavy (non-hydrogen) atoms. The Kier molecular flexibility index (Phi) is 4.67. The van der Waals surface area contributed by atoms with Gasteiger partial charge in [-0.3, -0.25) is 0 Å². The normalized spacial score (nSPS) is 12.1. The van der Waals surface area contributed by atoms with E-state index in [9.17, 15) is 13.2 Å². The van der Waals surface area contributed by atoms with Gasteiger partial charge in [0, 0.05) is 11.9 Å². The van der Waals surface area contributed by atoms with Crippen LogP contribution in [0.3, 0.4) is 0 Å². The molecular weight excluding hydrogens is 303 g/mol. The van der Waals surface area contributed by atoms with E-state index >= 15 is 0 Å². The first-order valence-corrected chi connectivity index (χ1v) is 7.22. The van der Waals surface area contributed by atoms with Crippen molar-refractivity contribution in [1.82, 2.24) is 9.97 Å². The van der Waals surface area contributed by atoms with Crippen LogP contribution in [0.15, 0.2) is 0 Å². The van der Waals surface area contributed by atoms with Crippen LogP contribution in [-0.2, 0) is 11.3 Å². The van der Waals surface area contributed by atoms with Gasteiger partial charge in [0.15, 0.2) is 5.82 Å². The van der Waals surface area contributed by atoms with Crippen molar-refractivity contribution in [2.45, 2.75) is 33.1 Å².